The molecule has 1 aliphatic heterocycles. The first-order valence-corrected chi connectivity index (χ1v) is 2.65. The fraction of sp³-hybridized carbons (Fsp3) is 0.333. The molecule has 0 aromatic carbocycles. The highest BCUT2D eigenvalue weighted by atomic mass is 19.3. The summed E-state index contributed by atoms with van der Waals surface area (Å²) in [7, 11) is 1.17. The highest BCUT2D eigenvalue weighted by Crippen LogP contribution is 2.23. The molecule has 0 saturated heterocycles. The summed E-state index contributed by atoms with van der Waals surface area (Å²) in [6.45, 7) is 0. The third kappa shape index (κ3) is 1.16. The number of allylic oxidation sites excluding steroid dienone is 2. The monoisotopic (exact) mass is 146 g/mol. The zero-order valence-electron chi connectivity index (χ0n) is 5.34. The molecule has 2 nitrogen and oxygen atoms in total. The molecule has 0 N–H and O–H groups in total. The van der Waals surface area contributed by atoms with Gasteiger partial charge in [-0.2, -0.15) is 13.8 Å². The summed E-state index contributed by atoms with van der Waals surface area (Å²) >= 11 is 0. The number of halogens is 2. The fourth-order valence-corrected chi connectivity index (χ4v) is 0.593. The van der Waals surface area contributed by atoms with Gasteiger partial charge in [0, 0.05) is 18.4 Å². The van der Waals surface area contributed by atoms with E-state index in [1.54, 1.807) is 0 Å². The molecule has 1 rings (SSSR count). The van der Waals surface area contributed by atoms with Crippen LogP contribution in [0.4, 0.5) is 8.78 Å². The lowest BCUT2D eigenvalue weighted by Crippen LogP contribution is -2.36. The standard InChI is InChI=1S/C6H6F2NO/c1-10-9-5-3-2-4-6(9,7)8/h2,4-5H,1H3. The highest BCUT2D eigenvalue weighted by molar-refractivity contribution is 5.06. The second-order valence-corrected chi connectivity index (χ2v) is 1.73. The Labute approximate surface area is 57.3 Å². The van der Waals surface area contributed by atoms with Gasteiger partial charge in [-0.15, -0.1) is 0 Å². The predicted octanol–water partition coefficient (Wildman–Crippen LogP) is 1.33. The van der Waals surface area contributed by atoms with Crippen LogP contribution in [0.25, 0.3) is 0 Å². The highest BCUT2D eigenvalue weighted by Gasteiger charge is 2.33. The van der Waals surface area contributed by atoms with Crippen LogP contribution in [0.5, 0.6) is 0 Å². The number of hydrogen-bond donors (Lipinski definition) is 0. The first kappa shape index (κ1) is 7.21. The van der Waals surface area contributed by atoms with E-state index >= 15 is 0 Å². The lowest BCUT2D eigenvalue weighted by Gasteiger charge is -2.25. The van der Waals surface area contributed by atoms with Crippen molar-refractivity contribution >= 4 is 0 Å². The summed E-state index contributed by atoms with van der Waals surface area (Å²) < 4.78 is 25.0. The minimum Gasteiger partial charge on any atom is -0.272 e. The second kappa shape index (κ2) is 2.38. The van der Waals surface area contributed by atoms with Gasteiger partial charge in [0.1, 0.15) is 0 Å². The van der Waals surface area contributed by atoms with Gasteiger partial charge in [-0.3, -0.25) is 4.84 Å². The number of alkyl halides is 2. The number of hydroxylamine groups is 2. The first-order valence-electron chi connectivity index (χ1n) is 2.65. The van der Waals surface area contributed by atoms with Gasteiger partial charge in [0.05, 0.1) is 7.11 Å². The quantitative estimate of drug-likeness (QED) is 0.517. The Morgan fingerprint density at radius 2 is 2.30 bits per heavy atom. The Hall–Kier alpha value is -0.900. The van der Waals surface area contributed by atoms with Crippen LogP contribution in [0, 0.1) is 6.08 Å². The largest absolute Gasteiger partial charge is 0.367 e. The van der Waals surface area contributed by atoms with E-state index in [1.165, 1.54) is 7.11 Å². The Morgan fingerprint density at radius 1 is 1.60 bits per heavy atom. The molecule has 0 saturated carbocycles. The third-order valence-electron chi connectivity index (χ3n) is 1.06. The Morgan fingerprint density at radius 3 is 2.70 bits per heavy atom. The lowest BCUT2D eigenvalue weighted by atomic mass is 10.3. The van der Waals surface area contributed by atoms with Crippen LogP contribution >= 0.6 is 0 Å². The van der Waals surface area contributed by atoms with Gasteiger partial charge < -0.3 is 0 Å². The molecular formula is C6H6F2NO. The molecule has 55 valence electrons. The second-order valence-electron chi connectivity index (χ2n) is 1.73. The molecule has 4 heteroatoms. The molecule has 0 spiro atoms. The maximum absolute atomic E-state index is 12.5. The lowest BCUT2D eigenvalue weighted by molar-refractivity contribution is -0.250. The molecule has 0 fully saturated rings. The van der Waals surface area contributed by atoms with Crippen LogP contribution in [0.3, 0.4) is 0 Å². The maximum atomic E-state index is 12.5. The average molecular weight is 146 g/mol. The van der Waals surface area contributed by atoms with Gasteiger partial charge in [0.25, 0.3) is 0 Å². The molecule has 0 atom stereocenters. The van der Waals surface area contributed by atoms with Gasteiger partial charge >= 0.3 is 6.05 Å². The van der Waals surface area contributed by atoms with Gasteiger partial charge in [-0.25, -0.2) is 0 Å². The third-order valence-corrected chi connectivity index (χ3v) is 1.06. The Kier molecular flexibility index (Phi) is 1.72. The average Bonchev–Trinajstić information content (AvgIpc) is 1.87. The maximum Gasteiger partial charge on any atom is 0.367 e. The smallest absolute Gasteiger partial charge is 0.272 e. The van der Waals surface area contributed by atoms with Crippen molar-refractivity contribution in [3.8, 4) is 0 Å². The number of nitrogens with zero attached hydrogens (tertiary/aromatic N) is 1. The van der Waals surface area contributed by atoms with Crippen molar-refractivity contribution in [2.24, 2.45) is 0 Å². The Balaban J connectivity index is 2.74. The summed E-state index contributed by atoms with van der Waals surface area (Å²) in [4.78, 5) is 4.32. The van der Waals surface area contributed by atoms with Crippen LogP contribution in [0.2, 0.25) is 0 Å². The van der Waals surface area contributed by atoms with E-state index in [4.69, 9.17) is 0 Å². The van der Waals surface area contributed by atoms with Crippen LogP contribution < -0.4 is 0 Å². The molecular weight excluding hydrogens is 140 g/mol. The van der Waals surface area contributed by atoms with Gasteiger partial charge in [0.15, 0.2) is 0 Å². The van der Waals surface area contributed by atoms with Crippen molar-refractivity contribution in [1.82, 2.24) is 5.06 Å². The molecule has 10 heavy (non-hydrogen) atoms. The van der Waals surface area contributed by atoms with Crippen molar-refractivity contribution in [3.05, 3.63) is 24.4 Å². The van der Waals surface area contributed by atoms with Crippen molar-refractivity contribution in [2.45, 2.75) is 6.05 Å². The Bertz CT molecular complexity index is 177. The summed E-state index contributed by atoms with van der Waals surface area (Å²) in [5, 5.41) is 0.424. The van der Waals surface area contributed by atoms with Crippen molar-refractivity contribution in [1.29, 1.82) is 0 Å². The molecule has 1 heterocycles. The fourth-order valence-electron chi connectivity index (χ4n) is 0.593. The zero-order valence-corrected chi connectivity index (χ0v) is 5.34. The van der Waals surface area contributed by atoms with Gasteiger partial charge in [0.2, 0.25) is 0 Å². The van der Waals surface area contributed by atoms with Crippen LogP contribution in [0.1, 0.15) is 0 Å². The molecule has 1 aliphatic rings. The first-order chi connectivity index (χ1) is 4.67. The van der Waals surface area contributed by atoms with E-state index in [1.807, 2.05) is 0 Å². The summed E-state index contributed by atoms with van der Waals surface area (Å²) in [5.41, 5.74) is 0. The minimum absolute atomic E-state index is 0.424. The molecule has 0 aromatic rings. The van der Waals surface area contributed by atoms with E-state index in [-0.39, 0.29) is 0 Å². The van der Waals surface area contributed by atoms with E-state index < -0.39 is 6.05 Å². The van der Waals surface area contributed by atoms with E-state index in [9.17, 15) is 8.78 Å². The van der Waals surface area contributed by atoms with E-state index in [2.05, 4.69) is 10.9 Å². The van der Waals surface area contributed by atoms with Gasteiger partial charge in [-0.05, 0) is 6.08 Å². The van der Waals surface area contributed by atoms with Crippen LogP contribution in [0.15, 0.2) is 18.4 Å². The number of hydrogen-bond acceptors (Lipinski definition) is 2. The molecule has 0 amide bonds. The van der Waals surface area contributed by atoms with E-state index in [0.717, 1.165) is 12.3 Å². The van der Waals surface area contributed by atoms with Crippen molar-refractivity contribution < 1.29 is 13.6 Å². The topological polar surface area (TPSA) is 12.5 Å². The molecule has 0 aromatic heterocycles. The SMILES string of the molecule is CON1C=[C]C=CC1(F)F. The predicted molar refractivity (Wildman–Crippen MR) is 30.7 cm³/mol. The van der Waals surface area contributed by atoms with Gasteiger partial charge in [-0.1, -0.05) is 0 Å². The number of rotatable bonds is 1. The molecule has 1 radical (unpaired) electrons. The summed E-state index contributed by atoms with van der Waals surface area (Å²) in [6, 6.07) is -3.04. The normalized spacial score (nSPS) is 21.7. The molecule has 0 bridgehead atoms. The van der Waals surface area contributed by atoms with Crippen molar-refractivity contribution in [3.63, 3.8) is 0 Å². The zero-order chi connectivity index (χ0) is 7.61. The summed E-state index contributed by atoms with van der Waals surface area (Å²) in [5.74, 6) is 0. The molecule has 0 aliphatic carbocycles. The molecule has 0 unspecified atom stereocenters. The minimum atomic E-state index is -3.04. The van der Waals surface area contributed by atoms with Crippen molar-refractivity contribution in [2.75, 3.05) is 7.11 Å². The summed E-state index contributed by atoms with van der Waals surface area (Å²) in [6.07, 6.45) is 5.35. The van der Waals surface area contributed by atoms with Crippen LogP contribution in [-0.4, -0.2) is 18.2 Å². The van der Waals surface area contributed by atoms with Crippen LogP contribution in [-0.2, 0) is 4.84 Å². The van der Waals surface area contributed by atoms with E-state index in [0.29, 0.717) is 11.1 Å².